The summed E-state index contributed by atoms with van der Waals surface area (Å²) in [7, 11) is 0. The van der Waals surface area contributed by atoms with Crippen LogP contribution in [0.4, 0.5) is 4.39 Å². The Labute approximate surface area is 85.9 Å². The summed E-state index contributed by atoms with van der Waals surface area (Å²) in [5.74, 6) is 0. The third kappa shape index (κ3) is 2.67. The van der Waals surface area contributed by atoms with Crippen LogP contribution in [-0.2, 0) is 0 Å². The number of hydrogen-bond donors (Lipinski definition) is 1. The van der Waals surface area contributed by atoms with E-state index >= 15 is 0 Å². The molecule has 3 heteroatoms. The standard InChI is InChI=1S/C11H21FN2/c12-11(5-6-13-9-11)10-14-7-3-1-2-4-8-14/h13H,1-10H2. The summed E-state index contributed by atoms with van der Waals surface area (Å²) in [5, 5.41) is 3.12. The van der Waals surface area contributed by atoms with Gasteiger partial charge in [0.2, 0.25) is 0 Å². The Kier molecular flexibility index (Phi) is 3.39. The van der Waals surface area contributed by atoms with Crippen LogP contribution in [-0.4, -0.2) is 43.3 Å². The van der Waals surface area contributed by atoms with Crippen molar-refractivity contribution in [2.24, 2.45) is 0 Å². The smallest absolute Gasteiger partial charge is 0.137 e. The third-order valence-corrected chi connectivity index (χ3v) is 3.40. The van der Waals surface area contributed by atoms with Crippen molar-refractivity contribution in [3.8, 4) is 0 Å². The molecular weight excluding hydrogens is 179 g/mol. The fourth-order valence-electron chi connectivity index (χ4n) is 2.54. The van der Waals surface area contributed by atoms with Gasteiger partial charge in [-0.2, -0.15) is 0 Å². The van der Waals surface area contributed by atoms with Crippen LogP contribution in [0.25, 0.3) is 0 Å². The molecule has 2 fully saturated rings. The van der Waals surface area contributed by atoms with Crippen LogP contribution in [0.5, 0.6) is 0 Å². The van der Waals surface area contributed by atoms with Crippen molar-refractivity contribution in [1.82, 2.24) is 10.2 Å². The average molecular weight is 200 g/mol. The Balaban J connectivity index is 1.82. The van der Waals surface area contributed by atoms with E-state index < -0.39 is 5.67 Å². The maximum Gasteiger partial charge on any atom is 0.137 e. The molecule has 14 heavy (non-hydrogen) atoms. The minimum absolute atomic E-state index is 0.559. The molecule has 0 aliphatic carbocycles. The van der Waals surface area contributed by atoms with Gasteiger partial charge in [-0.3, -0.25) is 0 Å². The summed E-state index contributed by atoms with van der Waals surface area (Å²) >= 11 is 0. The summed E-state index contributed by atoms with van der Waals surface area (Å²) in [6.45, 7) is 4.27. The highest BCUT2D eigenvalue weighted by atomic mass is 19.1. The van der Waals surface area contributed by atoms with Crippen LogP contribution in [0, 0.1) is 0 Å². The normalized spacial score (nSPS) is 35.8. The summed E-state index contributed by atoms with van der Waals surface area (Å²) in [5.41, 5.74) is -0.940. The van der Waals surface area contributed by atoms with E-state index in [4.69, 9.17) is 0 Å². The van der Waals surface area contributed by atoms with E-state index in [1.165, 1.54) is 25.7 Å². The first-order valence-corrected chi connectivity index (χ1v) is 5.91. The highest BCUT2D eigenvalue weighted by Gasteiger charge is 2.35. The summed E-state index contributed by atoms with van der Waals surface area (Å²) in [6, 6.07) is 0. The minimum atomic E-state index is -0.940. The maximum absolute atomic E-state index is 14.1. The van der Waals surface area contributed by atoms with E-state index in [0.717, 1.165) is 19.6 Å². The molecule has 0 aromatic carbocycles. The molecule has 0 aromatic rings. The van der Waals surface area contributed by atoms with Gasteiger partial charge in [0.05, 0.1) is 0 Å². The second-order valence-corrected chi connectivity index (χ2v) is 4.77. The van der Waals surface area contributed by atoms with Gasteiger partial charge in [-0.15, -0.1) is 0 Å². The molecule has 2 saturated heterocycles. The summed E-state index contributed by atoms with van der Waals surface area (Å²) in [4.78, 5) is 2.32. The monoisotopic (exact) mass is 200 g/mol. The molecular formula is C11H21FN2. The molecule has 2 rings (SSSR count). The van der Waals surface area contributed by atoms with Crippen LogP contribution in [0.3, 0.4) is 0 Å². The van der Waals surface area contributed by atoms with Crippen molar-refractivity contribution in [3.05, 3.63) is 0 Å². The van der Waals surface area contributed by atoms with Gasteiger partial charge >= 0.3 is 0 Å². The highest BCUT2D eigenvalue weighted by molar-refractivity contribution is 4.91. The molecule has 0 spiro atoms. The topological polar surface area (TPSA) is 15.3 Å². The number of nitrogens with zero attached hydrogens (tertiary/aromatic N) is 1. The molecule has 82 valence electrons. The second kappa shape index (κ2) is 4.58. The van der Waals surface area contributed by atoms with Crippen molar-refractivity contribution in [2.45, 2.75) is 37.8 Å². The average Bonchev–Trinajstić information content (AvgIpc) is 2.43. The maximum atomic E-state index is 14.1. The van der Waals surface area contributed by atoms with E-state index in [2.05, 4.69) is 10.2 Å². The zero-order valence-corrected chi connectivity index (χ0v) is 8.90. The van der Waals surface area contributed by atoms with E-state index in [1.54, 1.807) is 0 Å². The first-order valence-electron chi connectivity index (χ1n) is 5.91. The Bertz CT molecular complexity index is 170. The Hall–Kier alpha value is -0.150. The molecule has 2 aliphatic rings. The zero-order valence-electron chi connectivity index (χ0n) is 8.90. The van der Waals surface area contributed by atoms with Gasteiger partial charge in [0.25, 0.3) is 0 Å². The van der Waals surface area contributed by atoms with Crippen molar-refractivity contribution in [3.63, 3.8) is 0 Å². The van der Waals surface area contributed by atoms with Gasteiger partial charge in [-0.1, -0.05) is 12.8 Å². The number of nitrogens with one attached hydrogen (secondary N) is 1. The number of rotatable bonds is 2. The van der Waals surface area contributed by atoms with Gasteiger partial charge in [0.15, 0.2) is 0 Å². The predicted octanol–water partition coefficient (Wildman–Crippen LogP) is 1.56. The van der Waals surface area contributed by atoms with Crippen LogP contribution in [0.1, 0.15) is 32.1 Å². The van der Waals surface area contributed by atoms with Gasteiger partial charge in [0, 0.05) is 13.1 Å². The molecule has 0 bridgehead atoms. The lowest BCUT2D eigenvalue weighted by molar-refractivity contribution is 0.112. The molecule has 2 heterocycles. The lowest BCUT2D eigenvalue weighted by Gasteiger charge is -2.27. The van der Waals surface area contributed by atoms with Gasteiger partial charge in [-0.05, 0) is 38.9 Å². The quantitative estimate of drug-likeness (QED) is 0.728. The molecule has 1 atom stereocenters. The first-order chi connectivity index (χ1) is 6.79. The minimum Gasteiger partial charge on any atom is -0.313 e. The van der Waals surface area contributed by atoms with Gasteiger partial charge in [0.1, 0.15) is 5.67 Å². The fraction of sp³-hybridized carbons (Fsp3) is 1.00. The van der Waals surface area contributed by atoms with E-state index in [0.29, 0.717) is 19.5 Å². The number of likely N-dealkylation sites (tertiary alicyclic amines) is 1. The van der Waals surface area contributed by atoms with E-state index in [1.807, 2.05) is 0 Å². The van der Waals surface area contributed by atoms with Crippen molar-refractivity contribution in [2.75, 3.05) is 32.7 Å². The Morgan fingerprint density at radius 1 is 1.14 bits per heavy atom. The van der Waals surface area contributed by atoms with Crippen LogP contribution >= 0.6 is 0 Å². The second-order valence-electron chi connectivity index (χ2n) is 4.77. The van der Waals surface area contributed by atoms with Crippen LogP contribution < -0.4 is 5.32 Å². The number of alkyl halides is 1. The van der Waals surface area contributed by atoms with Crippen molar-refractivity contribution >= 4 is 0 Å². The molecule has 2 nitrogen and oxygen atoms in total. The van der Waals surface area contributed by atoms with Crippen molar-refractivity contribution in [1.29, 1.82) is 0 Å². The third-order valence-electron chi connectivity index (χ3n) is 3.40. The largest absolute Gasteiger partial charge is 0.313 e. The number of hydrogen-bond acceptors (Lipinski definition) is 2. The zero-order chi connectivity index (χ0) is 9.86. The summed E-state index contributed by atoms with van der Waals surface area (Å²) in [6.07, 6.45) is 5.86. The lowest BCUT2D eigenvalue weighted by Crippen LogP contribution is -2.41. The molecule has 0 aromatic heterocycles. The van der Waals surface area contributed by atoms with Crippen molar-refractivity contribution < 1.29 is 4.39 Å². The Morgan fingerprint density at radius 2 is 1.86 bits per heavy atom. The number of halogens is 1. The summed E-state index contributed by atoms with van der Waals surface area (Å²) < 4.78 is 14.1. The van der Waals surface area contributed by atoms with Crippen LogP contribution in [0.2, 0.25) is 0 Å². The lowest BCUT2D eigenvalue weighted by atomic mass is 10.1. The Morgan fingerprint density at radius 3 is 2.43 bits per heavy atom. The SMILES string of the molecule is FC1(CN2CCCCCC2)CCNC1. The van der Waals surface area contributed by atoms with Crippen LogP contribution in [0.15, 0.2) is 0 Å². The van der Waals surface area contributed by atoms with E-state index in [-0.39, 0.29) is 0 Å². The molecule has 0 radical (unpaired) electrons. The van der Waals surface area contributed by atoms with E-state index in [9.17, 15) is 4.39 Å². The first kappa shape index (κ1) is 10.4. The van der Waals surface area contributed by atoms with Gasteiger partial charge in [-0.25, -0.2) is 4.39 Å². The molecule has 1 unspecified atom stereocenters. The van der Waals surface area contributed by atoms with Gasteiger partial charge < -0.3 is 10.2 Å². The molecule has 1 N–H and O–H groups in total. The predicted molar refractivity (Wildman–Crippen MR) is 56.2 cm³/mol. The molecule has 2 aliphatic heterocycles. The fourth-order valence-corrected chi connectivity index (χ4v) is 2.54. The molecule has 0 amide bonds. The highest BCUT2D eigenvalue weighted by Crippen LogP contribution is 2.22. The molecule has 0 saturated carbocycles.